The number of rotatable bonds is 7. The molecule has 4 heteroatoms. The zero-order chi connectivity index (χ0) is 14.4. The van der Waals surface area contributed by atoms with Gasteiger partial charge in [0.1, 0.15) is 0 Å². The first-order valence-corrected chi connectivity index (χ1v) is 6.92. The van der Waals surface area contributed by atoms with E-state index in [0.29, 0.717) is 6.42 Å². The highest BCUT2D eigenvalue weighted by Crippen LogP contribution is 2.28. The number of nitrogens with zero attached hydrogens (tertiary/aromatic N) is 2. The number of aromatic nitrogens is 2. The fourth-order valence-electron chi connectivity index (χ4n) is 2.48. The molecule has 0 atom stereocenters. The van der Waals surface area contributed by atoms with Crippen LogP contribution in [0, 0.1) is 5.41 Å². The van der Waals surface area contributed by atoms with Crippen LogP contribution in [0.3, 0.4) is 0 Å². The minimum absolute atomic E-state index is 0.0176. The van der Waals surface area contributed by atoms with Gasteiger partial charge in [0.05, 0.1) is 13.2 Å². The van der Waals surface area contributed by atoms with Crippen LogP contribution in [0.4, 0.5) is 0 Å². The van der Waals surface area contributed by atoms with Gasteiger partial charge in [-0.1, -0.05) is 30.3 Å². The third-order valence-corrected chi connectivity index (χ3v) is 3.93. The highest BCUT2D eigenvalue weighted by molar-refractivity contribution is 5.17. The molecule has 0 saturated heterocycles. The molecule has 4 nitrogen and oxygen atoms in total. The van der Waals surface area contributed by atoms with E-state index in [4.69, 9.17) is 0 Å². The summed E-state index contributed by atoms with van der Waals surface area (Å²) < 4.78 is 1.84. The predicted molar refractivity (Wildman–Crippen MR) is 78.3 cm³/mol. The van der Waals surface area contributed by atoms with Gasteiger partial charge in [-0.2, -0.15) is 5.10 Å². The predicted octanol–water partition coefficient (Wildman–Crippen LogP) is 1.57. The Balaban J connectivity index is 2.07. The quantitative estimate of drug-likeness (QED) is 0.805. The molecule has 2 aromatic rings. The number of benzene rings is 1. The molecule has 0 aliphatic rings. The maximum Gasteiger partial charge on any atom is 0.0512 e. The molecule has 1 aromatic heterocycles. The van der Waals surface area contributed by atoms with Gasteiger partial charge in [-0.25, -0.2) is 0 Å². The van der Waals surface area contributed by atoms with Crippen LogP contribution in [0.25, 0.3) is 0 Å². The maximum atomic E-state index is 9.75. The molecule has 20 heavy (non-hydrogen) atoms. The van der Waals surface area contributed by atoms with Gasteiger partial charge < -0.3 is 10.2 Å². The zero-order valence-corrected chi connectivity index (χ0v) is 11.9. The van der Waals surface area contributed by atoms with Crippen LogP contribution in [-0.4, -0.2) is 33.2 Å². The van der Waals surface area contributed by atoms with Crippen LogP contribution < -0.4 is 0 Å². The van der Waals surface area contributed by atoms with Crippen molar-refractivity contribution >= 4 is 0 Å². The van der Waals surface area contributed by atoms with E-state index in [0.717, 1.165) is 24.1 Å². The highest BCUT2D eigenvalue weighted by atomic mass is 16.3. The SMILES string of the molecule is Cn1nccc1CCC(CO)(CO)Cc1ccccc1. The summed E-state index contributed by atoms with van der Waals surface area (Å²) in [7, 11) is 1.91. The summed E-state index contributed by atoms with van der Waals surface area (Å²) in [5.74, 6) is 0. The first-order valence-electron chi connectivity index (χ1n) is 6.92. The Morgan fingerprint density at radius 1 is 1.10 bits per heavy atom. The summed E-state index contributed by atoms with van der Waals surface area (Å²) in [6, 6.07) is 12.0. The fraction of sp³-hybridized carbons (Fsp3) is 0.438. The number of hydrogen-bond donors (Lipinski definition) is 2. The Bertz CT molecular complexity index is 518. The minimum atomic E-state index is -0.481. The Hall–Kier alpha value is -1.65. The minimum Gasteiger partial charge on any atom is -0.396 e. The fourth-order valence-corrected chi connectivity index (χ4v) is 2.48. The highest BCUT2D eigenvalue weighted by Gasteiger charge is 2.29. The van der Waals surface area contributed by atoms with Crippen molar-refractivity contribution in [1.29, 1.82) is 0 Å². The lowest BCUT2D eigenvalue weighted by atomic mass is 9.78. The number of hydrogen-bond acceptors (Lipinski definition) is 3. The molecule has 2 rings (SSSR count). The van der Waals surface area contributed by atoms with Gasteiger partial charge in [0.25, 0.3) is 0 Å². The molecule has 1 heterocycles. The van der Waals surface area contributed by atoms with Crippen molar-refractivity contribution in [2.24, 2.45) is 12.5 Å². The van der Waals surface area contributed by atoms with Crippen molar-refractivity contribution in [1.82, 2.24) is 9.78 Å². The van der Waals surface area contributed by atoms with E-state index in [1.54, 1.807) is 6.20 Å². The summed E-state index contributed by atoms with van der Waals surface area (Å²) >= 11 is 0. The second-order valence-electron chi connectivity index (χ2n) is 5.42. The van der Waals surface area contributed by atoms with Crippen LogP contribution in [0.5, 0.6) is 0 Å². The van der Waals surface area contributed by atoms with Crippen molar-refractivity contribution < 1.29 is 10.2 Å². The van der Waals surface area contributed by atoms with Gasteiger partial charge in [-0.05, 0) is 30.9 Å². The largest absolute Gasteiger partial charge is 0.396 e. The van der Waals surface area contributed by atoms with E-state index < -0.39 is 5.41 Å². The molecule has 0 radical (unpaired) electrons. The molecular formula is C16H22N2O2. The average Bonchev–Trinajstić information content (AvgIpc) is 2.90. The molecule has 0 saturated carbocycles. The second kappa shape index (κ2) is 6.68. The molecule has 108 valence electrons. The van der Waals surface area contributed by atoms with E-state index in [-0.39, 0.29) is 13.2 Å². The average molecular weight is 274 g/mol. The van der Waals surface area contributed by atoms with Crippen molar-refractivity contribution in [3.8, 4) is 0 Å². The Kier molecular flexibility index (Phi) is 4.93. The topological polar surface area (TPSA) is 58.3 Å². The van der Waals surface area contributed by atoms with Crippen molar-refractivity contribution in [3.63, 3.8) is 0 Å². The molecule has 1 aromatic carbocycles. The molecule has 0 amide bonds. The summed E-state index contributed by atoms with van der Waals surface area (Å²) in [6.45, 7) is -0.0352. The van der Waals surface area contributed by atoms with Crippen molar-refractivity contribution in [2.45, 2.75) is 19.3 Å². The van der Waals surface area contributed by atoms with Crippen molar-refractivity contribution in [2.75, 3.05) is 13.2 Å². The lowest BCUT2D eigenvalue weighted by molar-refractivity contribution is 0.0471. The van der Waals surface area contributed by atoms with Crippen LogP contribution in [0.1, 0.15) is 17.7 Å². The smallest absolute Gasteiger partial charge is 0.0512 e. The van der Waals surface area contributed by atoms with Gasteiger partial charge in [0, 0.05) is 24.4 Å². The monoisotopic (exact) mass is 274 g/mol. The maximum absolute atomic E-state index is 9.75. The van der Waals surface area contributed by atoms with Gasteiger partial charge in [0.15, 0.2) is 0 Å². The molecule has 2 N–H and O–H groups in total. The molecule has 0 spiro atoms. The van der Waals surface area contributed by atoms with Crippen LogP contribution in [0.2, 0.25) is 0 Å². The third kappa shape index (κ3) is 3.46. The third-order valence-electron chi connectivity index (χ3n) is 3.93. The van der Waals surface area contributed by atoms with E-state index in [1.807, 2.05) is 48.1 Å². The van der Waals surface area contributed by atoms with Gasteiger partial charge in [-0.3, -0.25) is 4.68 Å². The summed E-state index contributed by atoms with van der Waals surface area (Å²) in [5.41, 5.74) is 1.77. The first kappa shape index (κ1) is 14.8. The van der Waals surface area contributed by atoms with E-state index in [2.05, 4.69) is 5.10 Å². The zero-order valence-electron chi connectivity index (χ0n) is 11.9. The molecule has 0 bridgehead atoms. The standard InChI is InChI=1S/C16H22N2O2/c1-18-15(8-10-17-18)7-9-16(12-19,13-20)11-14-5-3-2-4-6-14/h2-6,8,10,19-20H,7,9,11-13H2,1H3. The second-order valence-corrected chi connectivity index (χ2v) is 5.42. The van der Waals surface area contributed by atoms with E-state index >= 15 is 0 Å². The summed E-state index contributed by atoms with van der Waals surface area (Å²) in [4.78, 5) is 0. The van der Waals surface area contributed by atoms with Gasteiger partial charge >= 0.3 is 0 Å². The number of aliphatic hydroxyl groups is 2. The molecule has 0 aliphatic carbocycles. The van der Waals surface area contributed by atoms with Crippen LogP contribution in [-0.2, 0) is 19.9 Å². The Morgan fingerprint density at radius 2 is 1.80 bits per heavy atom. The van der Waals surface area contributed by atoms with Crippen LogP contribution >= 0.6 is 0 Å². The molecular weight excluding hydrogens is 252 g/mol. The molecule has 0 fully saturated rings. The lowest BCUT2D eigenvalue weighted by Crippen LogP contribution is -2.33. The van der Waals surface area contributed by atoms with Crippen LogP contribution in [0.15, 0.2) is 42.6 Å². The summed E-state index contributed by atoms with van der Waals surface area (Å²) in [6.07, 6.45) is 3.98. The number of aryl methyl sites for hydroxylation is 2. The Labute approximate surface area is 119 Å². The normalized spacial score (nSPS) is 11.8. The number of aliphatic hydroxyl groups excluding tert-OH is 2. The van der Waals surface area contributed by atoms with Gasteiger partial charge in [0.2, 0.25) is 0 Å². The van der Waals surface area contributed by atoms with Gasteiger partial charge in [-0.15, -0.1) is 0 Å². The molecule has 0 unspecified atom stereocenters. The summed E-state index contributed by atoms with van der Waals surface area (Å²) in [5, 5.41) is 23.7. The van der Waals surface area contributed by atoms with E-state index in [9.17, 15) is 10.2 Å². The lowest BCUT2D eigenvalue weighted by Gasteiger charge is -2.30. The van der Waals surface area contributed by atoms with Crippen molar-refractivity contribution in [3.05, 3.63) is 53.9 Å². The first-order chi connectivity index (χ1) is 9.69. The Morgan fingerprint density at radius 3 is 2.35 bits per heavy atom. The molecule has 0 aliphatic heterocycles. The van der Waals surface area contributed by atoms with E-state index in [1.165, 1.54) is 0 Å².